The van der Waals surface area contributed by atoms with Gasteiger partial charge >= 0.3 is 0 Å². The fourth-order valence-electron chi connectivity index (χ4n) is 2.33. The van der Waals surface area contributed by atoms with Gasteiger partial charge in [0.1, 0.15) is 36.5 Å². The van der Waals surface area contributed by atoms with Crippen molar-refractivity contribution in [3.05, 3.63) is 12.0 Å². The highest BCUT2D eigenvalue weighted by Gasteiger charge is 2.44. The highest BCUT2D eigenvalue weighted by molar-refractivity contribution is 5.90. The number of nitriles is 1. The Morgan fingerprint density at radius 1 is 1.38 bits per heavy atom. The molecule has 10 nitrogen and oxygen atoms in total. The first-order valence-corrected chi connectivity index (χ1v) is 6.09. The van der Waals surface area contributed by atoms with Crippen LogP contribution in [-0.4, -0.2) is 60.0 Å². The first-order valence-electron chi connectivity index (χ1n) is 6.09. The number of aliphatic hydroxyl groups is 3. The van der Waals surface area contributed by atoms with Crippen molar-refractivity contribution in [2.24, 2.45) is 0 Å². The van der Waals surface area contributed by atoms with Gasteiger partial charge in [0.25, 0.3) is 0 Å². The van der Waals surface area contributed by atoms with Crippen LogP contribution in [0.15, 0.2) is 6.33 Å². The number of ether oxygens (including phenoxy) is 1. The van der Waals surface area contributed by atoms with Gasteiger partial charge in [-0.3, -0.25) is 0 Å². The number of anilines is 1. The topological polar surface area (TPSA) is 163 Å². The van der Waals surface area contributed by atoms with Crippen LogP contribution in [-0.2, 0) is 4.74 Å². The quantitative estimate of drug-likeness (QED) is 0.485. The smallest absolute Gasteiger partial charge is 0.181 e. The molecular weight excluding hydrogens is 280 g/mol. The number of hydrogen-bond acceptors (Lipinski definition) is 9. The minimum Gasteiger partial charge on any atom is -0.394 e. The second-order valence-electron chi connectivity index (χ2n) is 4.59. The van der Waals surface area contributed by atoms with E-state index in [2.05, 4.69) is 15.1 Å². The van der Waals surface area contributed by atoms with Crippen LogP contribution in [0.2, 0.25) is 0 Å². The fourth-order valence-corrected chi connectivity index (χ4v) is 2.33. The first kappa shape index (κ1) is 13.7. The van der Waals surface area contributed by atoms with E-state index >= 15 is 0 Å². The summed E-state index contributed by atoms with van der Waals surface area (Å²) in [7, 11) is 0. The molecular formula is C11H12N6O4. The molecule has 0 aliphatic carbocycles. The number of nitrogens with zero attached hydrogens (tertiary/aromatic N) is 5. The summed E-state index contributed by atoms with van der Waals surface area (Å²) in [6.45, 7) is -0.462. The van der Waals surface area contributed by atoms with Crippen LogP contribution in [0.4, 0.5) is 5.82 Å². The van der Waals surface area contributed by atoms with Crippen LogP contribution in [0.5, 0.6) is 0 Å². The van der Waals surface area contributed by atoms with Crippen LogP contribution in [0.1, 0.15) is 11.9 Å². The summed E-state index contributed by atoms with van der Waals surface area (Å²) in [5.74, 6) is 0.0783. The molecule has 2 aromatic rings. The van der Waals surface area contributed by atoms with E-state index in [0.29, 0.717) is 0 Å². The molecule has 1 aliphatic heterocycles. The summed E-state index contributed by atoms with van der Waals surface area (Å²) in [5.41, 5.74) is 5.90. The zero-order valence-electron chi connectivity index (χ0n) is 10.7. The number of aromatic nitrogens is 4. The van der Waals surface area contributed by atoms with Gasteiger partial charge < -0.3 is 25.8 Å². The minimum absolute atomic E-state index is 0.0131. The van der Waals surface area contributed by atoms with Crippen molar-refractivity contribution in [2.45, 2.75) is 24.5 Å². The number of hydrogen-bond donors (Lipinski definition) is 4. The number of fused-ring (bicyclic) bond motifs is 1. The molecule has 0 saturated carbocycles. The maximum atomic E-state index is 10.0. The number of nitrogens with two attached hydrogens (primary N) is 1. The second-order valence-corrected chi connectivity index (χ2v) is 4.59. The maximum Gasteiger partial charge on any atom is 0.181 e. The monoisotopic (exact) mass is 292 g/mol. The lowest BCUT2D eigenvalue weighted by Crippen LogP contribution is -2.33. The van der Waals surface area contributed by atoms with Gasteiger partial charge in [-0.2, -0.15) is 10.4 Å². The number of aliphatic hydroxyl groups excluding tert-OH is 3. The highest BCUT2D eigenvalue weighted by atomic mass is 16.6. The van der Waals surface area contributed by atoms with Gasteiger partial charge in [0.15, 0.2) is 17.6 Å². The largest absolute Gasteiger partial charge is 0.394 e. The molecule has 1 fully saturated rings. The Kier molecular flexibility index (Phi) is 3.19. The lowest BCUT2D eigenvalue weighted by Gasteiger charge is -2.15. The summed E-state index contributed by atoms with van der Waals surface area (Å²) < 4.78 is 6.53. The van der Waals surface area contributed by atoms with E-state index in [1.807, 2.05) is 6.07 Å². The summed E-state index contributed by atoms with van der Waals surface area (Å²) in [5, 5.41) is 42.3. The molecule has 1 aliphatic rings. The average Bonchev–Trinajstić information content (AvgIpc) is 2.99. The zero-order chi connectivity index (χ0) is 15.1. The van der Waals surface area contributed by atoms with Gasteiger partial charge in [0.2, 0.25) is 0 Å². The minimum atomic E-state index is -1.33. The van der Waals surface area contributed by atoms with E-state index in [1.54, 1.807) is 0 Å². The van der Waals surface area contributed by atoms with Crippen LogP contribution >= 0.6 is 0 Å². The molecule has 10 heteroatoms. The Morgan fingerprint density at radius 2 is 2.14 bits per heavy atom. The summed E-state index contributed by atoms with van der Waals surface area (Å²) in [6, 6.07) is 1.86. The molecule has 0 aromatic carbocycles. The molecule has 2 aromatic heterocycles. The third-order valence-electron chi connectivity index (χ3n) is 3.38. The van der Waals surface area contributed by atoms with Crippen molar-refractivity contribution in [3.63, 3.8) is 0 Å². The SMILES string of the molecule is N#Cc1nn([C@H]2O[C@@H](CO)[C@@H](O)[C@@H]2O)c2ncnc(N)c12. The molecule has 0 bridgehead atoms. The van der Waals surface area contributed by atoms with Gasteiger partial charge in [-0.15, -0.1) is 0 Å². The average molecular weight is 292 g/mol. The van der Waals surface area contributed by atoms with Crippen LogP contribution < -0.4 is 5.73 Å². The first-order chi connectivity index (χ1) is 10.1. The van der Waals surface area contributed by atoms with Crippen LogP contribution in [0.3, 0.4) is 0 Å². The van der Waals surface area contributed by atoms with Gasteiger partial charge in [0.05, 0.1) is 12.0 Å². The normalized spacial score (nSPS) is 28.9. The predicted molar refractivity (Wildman–Crippen MR) is 67.5 cm³/mol. The van der Waals surface area contributed by atoms with E-state index in [0.717, 1.165) is 4.68 Å². The number of nitrogen functional groups attached to an aromatic ring is 1. The molecule has 0 spiro atoms. The van der Waals surface area contributed by atoms with E-state index in [-0.39, 0.29) is 22.5 Å². The molecule has 21 heavy (non-hydrogen) atoms. The summed E-state index contributed by atoms with van der Waals surface area (Å²) in [6.07, 6.45) is -3.44. The second kappa shape index (κ2) is 4.90. The number of rotatable bonds is 2. The third-order valence-corrected chi connectivity index (χ3v) is 3.38. The van der Waals surface area contributed by atoms with Crippen molar-refractivity contribution < 1.29 is 20.1 Å². The van der Waals surface area contributed by atoms with Gasteiger partial charge in [-0.25, -0.2) is 14.6 Å². The molecule has 1 saturated heterocycles. The van der Waals surface area contributed by atoms with Crippen molar-refractivity contribution in [3.8, 4) is 6.07 Å². The van der Waals surface area contributed by atoms with E-state index < -0.39 is 31.1 Å². The van der Waals surface area contributed by atoms with Gasteiger partial charge in [0, 0.05) is 0 Å². The summed E-state index contributed by atoms with van der Waals surface area (Å²) in [4.78, 5) is 7.78. The van der Waals surface area contributed by atoms with Crippen LogP contribution in [0.25, 0.3) is 11.0 Å². The molecule has 5 N–H and O–H groups in total. The predicted octanol–water partition coefficient (Wildman–Crippen LogP) is -2.11. The fraction of sp³-hybridized carbons (Fsp3) is 0.455. The molecule has 4 atom stereocenters. The Balaban J connectivity index is 2.14. The van der Waals surface area contributed by atoms with E-state index in [9.17, 15) is 10.2 Å². The molecule has 0 unspecified atom stereocenters. The Hall–Kier alpha value is -2.32. The standard InChI is InChI=1S/C11H12N6O4/c12-1-4-6-9(13)14-3-15-10(6)17(16-4)11-8(20)7(19)5(2-18)21-11/h3,5,7-8,11,18-20H,2H2,(H2,13,14,15)/t5-,7+,8-,11-/m0/s1. The zero-order valence-corrected chi connectivity index (χ0v) is 10.7. The van der Waals surface area contributed by atoms with Crippen LogP contribution in [0, 0.1) is 11.3 Å². The molecule has 0 radical (unpaired) electrons. The third kappa shape index (κ3) is 1.91. The van der Waals surface area contributed by atoms with Crippen molar-refractivity contribution in [2.75, 3.05) is 12.3 Å². The Labute approximate surface area is 118 Å². The van der Waals surface area contributed by atoms with Crippen molar-refractivity contribution in [1.29, 1.82) is 5.26 Å². The molecule has 3 rings (SSSR count). The van der Waals surface area contributed by atoms with Gasteiger partial charge in [-0.1, -0.05) is 0 Å². The molecule has 3 heterocycles. The Morgan fingerprint density at radius 3 is 2.76 bits per heavy atom. The molecule has 0 amide bonds. The van der Waals surface area contributed by atoms with Crippen molar-refractivity contribution in [1.82, 2.24) is 19.7 Å². The highest BCUT2D eigenvalue weighted by Crippen LogP contribution is 2.32. The van der Waals surface area contributed by atoms with E-state index in [1.165, 1.54) is 6.33 Å². The Bertz CT molecular complexity index is 725. The van der Waals surface area contributed by atoms with Crippen molar-refractivity contribution >= 4 is 16.9 Å². The summed E-state index contributed by atoms with van der Waals surface area (Å²) >= 11 is 0. The maximum absolute atomic E-state index is 10.0. The lowest BCUT2D eigenvalue weighted by molar-refractivity contribution is -0.0567. The molecule has 110 valence electrons. The van der Waals surface area contributed by atoms with Gasteiger partial charge in [-0.05, 0) is 0 Å². The van der Waals surface area contributed by atoms with E-state index in [4.69, 9.17) is 20.8 Å². The lowest BCUT2D eigenvalue weighted by atomic mass is 10.1.